The van der Waals surface area contributed by atoms with Gasteiger partial charge in [-0.2, -0.15) is 0 Å². The van der Waals surface area contributed by atoms with Gasteiger partial charge in [0.1, 0.15) is 17.1 Å². The van der Waals surface area contributed by atoms with Gasteiger partial charge in [0, 0.05) is 10.7 Å². The maximum absolute atomic E-state index is 12.0. The molecule has 5 nitrogen and oxygen atoms in total. The molecule has 0 spiro atoms. The highest BCUT2D eigenvalue weighted by molar-refractivity contribution is 6.30. The molecule has 0 fully saturated rings. The van der Waals surface area contributed by atoms with E-state index in [0.717, 1.165) is 0 Å². The molecule has 6 heteroatoms. The molecular weight excluding hydrogens is 306 g/mol. The zero-order chi connectivity index (χ0) is 16.3. The number of amides is 1. The van der Waals surface area contributed by atoms with Gasteiger partial charge in [-0.15, -0.1) is 0 Å². The van der Waals surface area contributed by atoms with Gasteiger partial charge >= 0.3 is 5.97 Å². The molecule has 2 aromatic rings. The number of nitrogens with one attached hydrogen (secondary N) is 1. The third-order valence-corrected chi connectivity index (χ3v) is 3.28. The Labute approximate surface area is 133 Å². The Morgan fingerprint density at radius 1 is 1.23 bits per heavy atom. The van der Waals surface area contributed by atoms with Gasteiger partial charge in [-0.1, -0.05) is 11.6 Å². The molecule has 22 heavy (non-hydrogen) atoms. The van der Waals surface area contributed by atoms with Crippen LogP contribution in [0.15, 0.2) is 34.7 Å². The van der Waals surface area contributed by atoms with Crippen molar-refractivity contribution in [2.45, 2.75) is 26.9 Å². The first kappa shape index (κ1) is 16.1. The second kappa shape index (κ2) is 6.66. The van der Waals surface area contributed by atoms with Crippen LogP contribution in [0.4, 0.5) is 5.69 Å². The van der Waals surface area contributed by atoms with E-state index >= 15 is 0 Å². The molecule has 0 unspecified atom stereocenters. The van der Waals surface area contributed by atoms with E-state index in [2.05, 4.69) is 5.32 Å². The molecule has 1 aromatic heterocycles. The normalized spacial score (nSPS) is 11.8. The Balaban J connectivity index is 1.97. The summed E-state index contributed by atoms with van der Waals surface area (Å²) in [6, 6.07) is 8.23. The van der Waals surface area contributed by atoms with Gasteiger partial charge in [0.15, 0.2) is 6.10 Å². The quantitative estimate of drug-likeness (QED) is 0.871. The fraction of sp³-hybridized carbons (Fsp3) is 0.250. The summed E-state index contributed by atoms with van der Waals surface area (Å²) in [6.07, 6.45) is -0.933. The van der Waals surface area contributed by atoms with Crippen LogP contribution in [0.3, 0.4) is 0 Å². The number of halogens is 1. The molecule has 1 atom stereocenters. The molecule has 2 rings (SSSR count). The lowest BCUT2D eigenvalue weighted by Gasteiger charge is -2.13. The topological polar surface area (TPSA) is 68.5 Å². The van der Waals surface area contributed by atoms with Crippen LogP contribution in [-0.4, -0.2) is 18.0 Å². The van der Waals surface area contributed by atoms with Gasteiger partial charge in [0.2, 0.25) is 0 Å². The molecule has 0 saturated carbocycles. The highest BCUT2D eigenvalue weighted by atomic mass is 35.5. The molecule has 0 aliphatic heterocycles. The van der Waals surface area contributed by atoms with Crippen molar-refractivity contribution in [3.63, 3.8) is 0 Å². The third kappa shape index (κ3) is 3.89. The number of esters is 1. The number of ether oxygens (including phenoxy) is 1. The van der Waals surface area contributed by atoms with Crippen LogP contribution in [0.5, 0.6) is 0 Å². The predicted molar refractivity (Wildman–Crippen MR) is 83.1 cm³/mol. The average molecular weight is 322 g/mol. The standard InChI is InChI=1S/C16H16ClNO4/c1-9-8-14(10(2)21-9)16(20)22-11(3)15(19)18-13-6-4-12(17)5-7-13/h4-8,11H,1-3H3,(H,18,19)/t11-/m1/s1. The van der Waals surface area contributed by atoms with Crippen molar-refractivity contribution in [3.05, 3.63) is 52.4 Å². The number of hydrogen-bond donors (Lipinski definition) is 1. The van der Waals surface area contributed by atoms with Crippen LogP contribution >= 0.6 is 11.6 Å². The maximum atomic E-state index is 12.0. The van der Waals surface area contributed by atoms with Crippen LogP contribution in [0.25, 0.3) is 0 Å². The van der Waals surface area contributed by atoms with Crippen molar-refractivity contribution < 1.29 is 18.7 Å². The number of hydrogen-bond acceptors (Lipinski definition) is 4. The molecule has 1 aromatic carbocycles. The van der Waals surface area contributed by atoms with E-state index in [0.29, 0.717) is 27.8 Å². The Kier molecular flexibility index (Phi) is 4.88. The predicted octanol–water partition coefficient (Wildman–Crippen LogP) is 3.73. The summed E-state index contributed by atoms with van der Waals surface area (Å²) in [4.78, 5) is 24.0. The number of carbonyl (C=O) groups is 2. The second-order valence-corrected chi connectivity index (χ2v) is 5.31. The molecule has 0 saturated heterocycles. The van der Waals surface area contributed by atoms with Crippen molar-refractivity contribution in [2.24, 2.45) is 0 Å². The smallest absolute Gasteiger partial charge is 0.342 e. The van der Waals surface area contributed by atoms with Crippen LogP contribution in [0.1, 0.15) is 28.8 Å². The Hall–Kier alpha value is -2.27. The number of anilines is 1. The highest BCUT2D eigenvalue weighted by Gasteiger charge is 2.22. The first-order chi connectivity index (χ1) is 10.4. The van der Waals surface area contributed by atoms with Crippen molar-refractivity contribution >= 4 is 29.2 Å². The number of benzene rings is 1. The third-order valence-electron chi connectivity index (χ3n) is 3.03. The molecule has 116 valence electrons. The number of furan rings is 1. The first-order valence-electron chi connectivity index (χ1n) is 6.71. The van der Waals surface area contributed by atoms with E-state index in [1.165, 1.54) is 6.92 Å². The molecule has 1 N–H and O–H groups in total. The maximum Gasteiger partial charge on any atom is 0.342 e. The van der Waals surface area contributed by atoms with Crippen LogP contribution in [0, 0.1) is 13.8 Å². The summed E-state index contributed by atoms with van der Waals surface area (Å²) >= 11 is 5.77. The molecule has 0 radical (unpaired) electrons. The number of rotatable bonds is 4. The fourth-order valence-corrected chi connectivity index (χ4v) is 2.01. The molecule has 1 amide bonds. The largest absolute Gasteiger partial charge is 0.466 e. The molecule has 1 heterocycles. The lowest BCUT2D eigenvalue weighted by Crippen LogP contribution is -2.30. The van der Waals surface area contributed by atoms with E-state index in [1.807, 2.05) is 0 Å². The van der Waals surface area contributed by atoms with E-state index in [9.17, 15) is 9.59 Å². The van der Waals surface area contributed by atoms with Gasteiger partial charge in [-0.3, -0.25) is 4.79 Å². The summed E-state index contributed by atoms with van der Waals surface area (Å²) in [5, 5.41) is 3.22. The summed E-state index contributed by atoms with van der Waals surface area (Å²) in [5.41, 5.74) is 0.899. The van der Waals surface area contributed by atoms with E-state index in [-0.39, 0.29) is 0 Å². The van der Waals surface area contributed by atoms with Crippen molar-refractivity contribution in [1.29, 1.82) is 0 Å². The summed E-state index contributed by atoms with van der Waals surface area (Å²) in [6.45, 7) is 4.91. The van der Waals surface area contributed by atoms with Crippen LogP contribution in [-0.2, 0) is 9.53 Å². The Bertz CT molecular complexity index is 691. The monoisotopic (exact) mass is 321 g/mol. The summed E-state index contributed by atoms with van der Waals surface area (Å²) < 4.78 is 10.4. The van der Waals surface area contributed by atoms with Crippen molar-refractivity contribution in [2.75, 3.05) is 5.32 Å². The van der Waals surface area contributed by atoms with E-state index in [4.69, 9.17) is 20.8 Å². The van der Waals surface area contributed by atoms with Gasteiger partial charge in [-0.05, 0) is 51.1 Å². The number of aryl methyl sites for hydroxylation is 2. The van der Waals surface area contributed by atoms with E-state index < -0.39 is 18.0 Å². The lowest BCUT2D eigenvalue weighted by molar-refractivity contribution is -0.123. The van der Waals surface area contributed by atoms with Crippen molar-refractivity contribution in [1.82, 2.24) is 0 Å². The zero-order valence-electron chi connectivity index (χ0n) is 12.5. The molecular formula is C16H16ClNO4. The van der Waals surface area contributed by atoms with Gasteiger partial charge in [0.25, 0.3) is 5.91 Å². The van der Waals surface area contributed by atoms with Gasteiger partial charge < -0.3 is 14.5 Å². The van der Waals surface area contributed by atoms with Gasteiger partial charge in [-0.25, -0.2) is 4.79 Å². The molecule has 0 aliphatic rings. The SMILES string of the molecule is Cc1cc(C(=O)O[C@H](C)C(=O)Nc2ccc(Cl)cc2)c(C)o1. The highest BCUT2D eigenvalue weighted by Crippen LogP contribution is 2.17. The summed E-state index contributed by atoms with van der Waals surface area (Å²) in [5.74, 6) is 0.0668. The van der Waals surface area contributed by atoms with Gasteiger partial charge in [0.05, 0.1) is 0 Å². The van der Waals surface area contributed by atoms with Crippen molar-refractivity contribution in [3.8, 4) is 0 Å². The first-order valence-corrected chi connectivity index (χ1v) is 7.09. The number of carbonyl (C=O) groups excluding carboxylic acids is 2. The summed E-state index contributed by atoms with van der Waals surface area (Å²) in [7, 11) is 0. The average Bonchev–Trinajstić information content (AvgIpc) is 2.80. The fourth-order valence-electron chi connectivity index (χ4n) is 1.89. The Morgan fingerprint density at radius 2 is 1.86 bits per heavy atom. The second-order valence-electron chi connectivity index (χ2n) is 4.87. The van der Waals surface area contributed by atoms with Crippen LogP contribution in [0.2, 0.25) is 5.02 Å². The van der Waals surface area contributed by atoms with E-state index in [1.54, 1.807) is 44.2 Å². The van der Waals surface area contributed by atoms with Crippen LogP contribution < -0.4 is 5.32 Å². The molecule has 0 aliphatic carbocycles. The Morgan fingerprint density at radius 3 is 2.41 bits per heavy atom. The lowest BCUT2D eigenvalue weighted by atomic mass is 10.2. The molecule has 0 bridgehead atoms. The minimum atomic E-state index is -0.933. The minimum Gasteiger partial charge on any atom is -0.466 e. The minimum absolute atomic E-state index is 0.323. The zero-order valence-corrected chi connectivity index (χ0v) is 13.2.